The van der Waals surface area contributed by atoms with Crippen LogP contribution in [0.5, 0.6) is 0 Å². The van der Waals surface area contributed by atoms with Gasteiger partial charge in [-0.1, -0.05) is 11.6 Å². The Hall–Kier alpha value is -7.71. The first-order valence-electron chi connectivity index (χ1n) is 17.4. The molecule has 20 nitrogen and oxygen atoms in total. The van der Waals surface area contributed by atoms with Crippen molar-refractivity contribution in [1.29, 1.82) is 10.5 Å². The first-order chi connectivity index (χ1) is 30.3. The number of nitrogens with zero attached hydrogens (tertiary/aromatic N) is 8. The summed E-state index contributed by atoms with van der Waals surface area (Å²) in [5.41, 5.74) is -11.2. The van der Waals surface area contributed by atoms with Gasteiger partial charge in [0.05, 0.1) is 45.5 Å². The molecule has 346 valence electrons. The third-order valence-corrected chi connectivity index (χ3v) is 8.26. The van der Waals surface area contributed by atoms with E-state index in [1.165, 1.54) is 6.08 Å². The zero-order valence-corrected chi connectivity index (χ0v) is 34.6. The maximum atomic E-state index is 14.5. The number of aliphatic hydroxyl groups is 1. The molecule has 2 amide bonds. The standard InChI is InChI=1S/C16H8F4N4O5.C14H6ClF3N4O3.C4H8O3.C3H8O/c1-22-11(16(18,19)20)4-12(25)23(14(22)27)10-3-9(7(5-21)2-8(10)17)24-13(26)6-29-15(24)28;1-21-11(14(16,17)18)4-12(24)22(13(21)25)10-3-9(20-6-23)7(5-19)2-8(10)15;1-2-7-4(6)3-5;1-3-4-2/h2-4H,6H2,1H3;2-4H,1H3;5H,2-3H2,1H3;3H2,1-2H3. The molecule has 2 aromatic carbocycles. The number of isocyanates is 1. The third-order valence-electron chi connectivity index (χ3n) is 7.96. The van der Waals surface area contributed by atoms with Crippen LogP contribution in [-0.2, 0) is 55.0 Å². The molecule has 2 aromatic heterocycles. The summed E-state index contributed by atoms with van der Waals surface area (Å²) in [5, 5.41) is 25.8. The smallest absolute Gasteiger partial charge is 0.431 e. The van der Waals surface area contributed by atoms with Crippen LogP contribution < -0.4 is 27.4 Å². The number of esters is 1. The second-order valence-corrected chi connectivity index (χ2v) is 12.4. The van der Waals surface area contributed by atoms with Crippen molar-refractivity contribution < 1.29 is 69.2 Å². The number of ether oxygens (including phenoxy) is 3. The predicted octanol–water partition coefficient (Wildman–Crippen LogP) is 3.29. The number of amides is 2. The van der Waals surface area contributed by atoms with Gasteiger partial charge in [0.15, 0.2) is 6.61 Å². The van der Waals surface area contributed by atoms with Gasteiger partial charge in [0, 0.05) is 39.9 Å². The Bertz CT molecular complexity index is 2850. The molecule has 65 heavy (non-hydrogen) atoms. The maximum Gasteiger partial charge on any atom is 0.431 e. The number of nitriles is 2. The summed E-state index contributed by atoms with van der Waals surface area (Å²) in [6, 6.07) is 6.74. The highest BCUT2D eigenvalue weighted by atomic mass is 35.5. The number of alkyl halides is 6. The van der Waals surface area contributed by atoms with E-state index in [1.807, 2.05) is 6.92 Å². The molecule has 1 N–H and O–H groups in total. The van der Waals surface area contributed by atoms with Crippen molar-refractivity contribution in [2.75, 3.05) is 38.4 Å². The Kier molecular flexibility index (Phi) is 18.6. The Balaban J connectivity index is 0.000000366. The van der Waals surface area contributed by atoms with Crippen LogP contribution in [0.4, 0.5) is 46.9 Å². The van der Waals surface area contributed by atoms with Crippen LogP contribution in [0.15, 0.2) is 60.6 Å². The lowest BCUT2D eigenvalue weighted by Crippen LogP contribution is -2.41. The molecule has 0 spiro atoms. The Morgan fingerprint density at radius 3 is 1.68 bits per heavy atom. The van der Waals surface area contributed by atoms with Crippen LogP contribution in [0.25, 0.3) is 11.4 Å². The fraction of sp³-hybridized carbons (Fsp3) is 0.297. The lowest BCUT2D eigenvalue weighted by Gasteiger charge is -2.17. The summed E-state index contributed by atoms with van der Waals surface area (Å²) in [4.78, 5) is 96.4. The molecule has 0 saturated carbocycles. The molecule has 4 aromatic rings. The predicted molar refractivity (Wildman–Crippen MR) is 207 cm³/mol. The van der Waals surface area contributed by atoms with Crippen molar-refractivity contribution >= 4 is 47.0 Å². The molecule has 1 fully saturated rings. The number of halogens is 8. The van der Waals surface area contributed by atoms with Crippen molar-refractivity contribution in [2.24, 2.45) is 19.1 Å². The highest BCUT2D eigenvalue weighted by Gasteiger charge is 2.38. The van der Waals surface area contributed by atoms with Crippen molar-refractivity contribution in [2.45, 2.75) is 26.2 Å². The number of anilines is 1. The van der Waals surface area contributed by atoms with Gasteiger partial charge < -0.3 is 19.3 Å². The number of methoxy groups -OCH3 is 1. The zero-order chi connectivity index (χ0) is 49.7. The van der Waals surface area contributed by atoms with Crippen LogP contribution in [0.1, 0.15) is 36.4 Å². The highest BCUT2D eigenvalue weighted by molar-refractivity contribution is 6.32. The molecule has 0 radical (unpaired) electrons. The Morgan fingerprint density at radius 2 is 1.31 bits per heavy atom. The monoisotopic (exact) mass is 946 g/mol. The van der Waals surface area contributed by atoms with Crippen LogP contribution in [0, 0.1) is 28.5 Å². The fourth-order valence-corrected chi connectivity index (χ4v) is 5.23. The molecule has 0 atom stereocenters. The first kappa shape index (κ1) is 53.4. The number of hydrogen-bond donors (Lipinski definition) is 1. The fourth-order valence-electron chi connectivity index (χ4n) is 4.98. The second kappa shape index (κ2) is 22.6. The minimum Gasteiger partial charge on any atom is -0.464 e. The molecule has 1 saturated heterocycles. The Morgan fingerprint density at radius 1 is 0.815 bits per heavy atom. The minimum atomic E-state index is -5.02. The van der Waals surface area contributed by atoms with E-state index in [-0.39, 0.29) is 47.8 Å². The summed E-state index contributed by atoms with van der Waals surface area (Å²) in [6.07, 6.45) is -9.93. The van der Waals surface area contributed by atoms with E-state index in [0.717, 1.165) is 32.8 Å². The van der Waals surface area contributed by atoms with Crippen LogP contribution in [-0.4, -0.2) is 81.0 Å². The molecular weight excluding hydrogens is 917 g/mol. The largest absolute Gasteiger partial charge is 0.464 e. The van der Waals surface area contributed by atoms with E-state index in [2.05, 4.69) is 19.2 Å². The van der Waals surface area contributed by atoms with Crippen molar-refractivity contribution in [3.05, 3.63) is 111 Å². The van der Waals surface area contributed by atoms with Gasteiger partial charge in [-0.05, 0) is 38.1 Å². The minimum absolute atomic E-state index is 0.0844. The number of benzene rings is 2. The topological polar surface area (TPSA) is 267 Å². The second-order valence-electron chi connectivity index (χ2n) is 12.0. The summed E-state index contributed by atoms with van der Waals surface area (Å²) < 4.78 is 106. The summed E-state index contributed by atoms with van der Waals surface area (Å²) in [6.45, 7) is 3.62. The van der Waals surface area contributed by atoms with Gasteiger partial charge in [-0.15, -0.1) is 0 Å². The van der Waals surface area contributed by atoms with Gasteiger partial charge in [0.25, 0.3) is 17.0 Å². The van der Waals surface area contributed by atoms with E-state index in [4.69, 9.17) is 27.2 Å². The van der Waals surface area contributed by atoms with E-state index >= 15 is 0 Å². The van der Waals surface area contributed by atoms with Crippen molar-refractivity contribution in [3.63, 3.8) is 0 Å². The van der Waals surface area contributed by atoms with E-state index < -0.39 is 100 Å². The van der Waals surface area contributed by atoms with Crippen molar-refractivity contribution in [3.8, 4) is 23.5 Å². The summed E-state index contributed by atoms with van der Waals surface area (Å²) in [7, 11) is 3.24. The Labute approximate surface area is 363 Å². The first-order valence-corrected chi connectivity index (χ1v) is 17.8. The third kappa shape index (κ3) is 12.7. The number of hydrogen-bond acceptors (Lipinski definition) is 15. The summed E-state index contributed by atoms with van der Waals surface area (Å²) in [5.74, 6) is -2.79. The number of cyclic esters (lactones) is 1. The number of rotatable bonds is 7. The molecule has 1 aliphatic rings. The molecule has 0 bridgehead atoms. The van der Waals surface area contributed by atoms with Gasteiger partial charge in [0.1, 0.15) is 36.0 Å². The number of carbonyl (C=O) groups excluding carboxylic acids is 4. The molecule has 0 unspecified atom stereocenters. The van der Waals surface area contributed by atoms with Gasteiger partial charge in [-0.2, -0.15) is 41.9 Å². The highest BCUT2D eigenvalue weighted by Crippen LogP contribution is 2.31. The van der Waals surface area contributed by atoms with Gasteiger partial charge in [-0.3, -0.25) is 23.5 Å². The molecule has 28 heteroatoms. The van der Waals surface area contributed by atoms with Crippen molar-refractivity contribution in [1.82, 2.24) is 18.3 Å². The van der Waals surface area contributed by atoms with Gasteiger partial charge >= 0.3 is 35.8 Å². The van der Waals surface area contributed by atoms with Crippen LogP contribution in [0.3, 0.4) is 0 Å². The molecule has 0 aliphatic carbocycles. The average molecular weight is 947 g/mol. The normalized spacial score (nSPS) is 11.8. The number of aliphatic imine (C=N–C) groups is 1. The number of aliphatic hydroxyl groups excluding tert-OH is 1. The maximum absolute atomic E-state index is 14.5. The van der Waals surface area contributed by atoms with Crippen LogP contribution in [0.2, 0.25) is 5.02 Å². The molecule has 5 rings (SSSR count). The van der Waals surface area contributed by atoms with Crippen LogP contribution >= 0.6 is 11.6 Å². The molecule has 3 heterocycles. The molecular formula is C37H30ClF7N8O12. The lowest BCUT2D eigenvalue weighted by atomic mass is 10.1. The number of carbonyl (C=O) groups is 3. The molecule has 1 aliphatic heterocycles. The lowest BCUT2D eigenvalue weighted by molar-refractivity contribution is -0.146. The number of imide groups is 1. The van der Waals surface area contributed by atoms with E-state index in [9.17, 15) is 69.1 Å². The zero-order valence-electron chi connectivity index (χ0n) is 33.8. The van der Waals surface area contributed by atoms with E-state index in [0.29, 0.717) is 28.2 Å². The van der Waals surface area contributed by atoms with Gasteiger partial charge in [0.2, 0.25) is 6.08 Å². The summed E-state index contributed by atoms with van der Waals surface area (Å²) >= 11 is 5.92. The number of aromatic nitrogens is 4. The van der Waals surface area contributed by atoms with Gasteiger partial charge in [-0.25, -0.2) is 42.4 Å². The SMILES string of the molecule is CCOC.CCOC(=O)CO.Cn1c(C(F)(F)F)cc(=O)n(-c2cc(N3C(=O)COC3=O)c(C#N)cc2F)c1=O.Cn1c(C(F)(F)F)cc(=O)n(-c2cc(N=C=O)c(C#N)cc2Cl)c1=O. The van der Waals surface area contributed by atoms with E-state index in [1.54, 1.807) is 26.2 Å². The average Bonchev–Trinajstić information content (AvgIpc) is 3.58. The quantitative estimate of drug-likeness (QED) is 0.121.